The Morgan fingerprint density at radius 3 is 2.65 bits per heavy atom. The van der Waals surface area contributed by atoms with Crippen LogP contribution >= 0.6 is 23.2 Å². The quantitative estimate of drug-likeness (QED) is 0.683. The Hall–Kier alpha value is -2.05. The number of non-ortho nitro benzene ring substituents is 1. The predicted molar refractivity (Wildman–Crippen MR) is 76.6 cm³/mol. The SMILES string of the molecule is Cc1ccc([N+](=O)[O-])cc1Oc1nc(N)c(Cl)cc1Cl. The van der Waals surface area contributed by atoms with Gasteiger partial charge in [0.2, 0.25) is 5.88 Å². The monoisotopic (exact) mass is 313 g/mol. The molecule has 2 rings (SSSR count). The minimum absolute atomic E-state index is 0.0390. The summed E-state index contributed by atoms with van der Waals surface area (Å²) in [5.74, 6) is 0.377. The smallest absolute Gasteiger partial charge is 0.273 e. The molecule has 1 heterocycles. The molecular formula is C12H9Cl2N3O3. The van der Waals surface area contributed by atoms with Gasteiger partial charge in [0.15, 0.2) is 0 Å². The zero-order valence-electron chi connectivity index (χ0n) is 10.3. The summed E-state index contributed by atoms with van der Waals surface area (Å²) in [7, 11) is 0. The second-order valence-corrected chi connectivity index (χ2v) is 4.77. The Kier molecular flexibility index (Phi) is 3.96. The molecular weight excluding hydrogens is 305 g/mol. The highest BCUT2D eigenvalue weighted by Gasteiger charge is 2.14. The topological polar surface area (TPSA) is 91.3 Å². The van der Waals surface area contributed by atoms with Crippen molar-refractivity contribution in [2.24, 2.45) is 0 Å². The van der Waals surface area contributed by atoms with Gasteiger partial charge in [0, 0.05) is 6.07 Å². The average Bonchev–Trinajstić information content (AvgIpc) is 2.38. The first-order valence-electron chi connectivity index (χ1n) is 5.43. The molecule has 2 N–H and O–H groups in total. The number of aryl methyl sites for hydroxylation is 1. The van der Waals surface area contributed by atoms with Gasteiger partial charge in [-0.1, -0.05) is 23.2 Å². The number of ether oxygens (including phenoxy) is 1. The highest BCUT2D eigenvalue weighted by Crippen LogP contribution is 2.34. The third-order valence-electron chi connectivity index (χ3n) is 2.51. The molecule has 1 aromatic heterocycles. The Bertz CT molecular complexity index is 692. The van der Waals surface area contributed by atoms with Crippen LogP contribution in [0.5, 0.6) is 11.6 Å². The van der Waals surface area contributed by atoms with Crippen LogP contribution in [0.15, 0.2) is 24.3 Å². The van der Waals surface area contributed by atoms with E-state index in [9.17, 15) is 10.1 Å². The van der Waals surface area contributed by atoms with E-state index in [4.69, 9.17) is 33.7 Å². The van der Waals surface area contributed by atoms with Gasteiger partial charge in [0.25, 0.3) is 5.69 Å². The molecule has 0 aliphatic carbocycles. The maximum absolute atomic E-state index is 10.8. The van der Waals surface area contributed by atoms with Gasteiger partial charge in [-0.25, -0.2) is 0 Å². The molecule has 0 saturated carbocycles. The van der Waals surface area contributed by atoms with Gasteiger partial charge in [-0.15, -0.1) is 0 Å². The Labute approximate surface area is 124 Å². The molecule has 0 aliphatic rings. The maximum atomic E-state index is 10.8. The van der Waals surface area contributed by atoms with Gasteiger partial charge in [0.05, 0.1) is 16.0 Å². The minimum Gasteiger partial charge on any atom is -0.437 e. The van der Waals surface area contributed by atoms with Gasteiger partial charge in [0.1, 0.15) is 16.6 Å². The summed E-state index contributed by atoms with van der Waals surface area (Å²) < 4.78 is 5.48. The van der Waals surface area contributed by atoms with Gasteiger partial charge in [-0.05, 0) is 24.6 Å². The molecule has 6 nitrogen and oxygen atoms in total. The number of nitrogen functional groups attached to an aromatic ring is 1. The number of nitrogens with two attached hydrogens (primary N) is 1. The highest BCUT2D eigenvalue weighted by atomic mass is 35.5. The molecule has 0 saturated heterocycles. The molecule has 2 aromatic rings. The van der Waals surface area contributed by atoms with Crippen molar-refractivity contribution >= 4 is 34.7 Å². The van der Waals surface area contributed by atoms with E-state index in [2.05, 4.69) is 4.98 Å². The first-order valence-corrected chi connectivity index (χ1v) is 6.18. The van der Waals surface area contributed by atoms with Gasteiger partial charge >= 0.3 is 0 Å². The molecule has 0 fully saturated rings. The number of rotatable bonds is 3. The number of nitro benzene ring substituents is 1. The summed E-state index contributed by atoms with van der Waals surface area (Å²) in [6, 6.07) is 5.64. The lowest BCUT2D eigenvalue weighted by Gasteiger charge is -2.10. The Morgan fingerprint density at radius 1 is 1.30 bits per heavy atom. The van der Waals surface area contributed by atoms with Crippen molar-refractivity contribution in [2.45, 2.75) is 6.92 Å². The van der Waals surface area contributed by atoms with Crippen LogP contribution in [-0.4, -0.2) is 9.91 Å². The Morgan fingerprint density at radius 2 is 2.00 bits per heavy atom. The zero-order valence-corrected chi connectivity index (χ0v) is 11.8. The molecule has 0 radical (unpaired) electrons. The highest BCUT2D eigenvalue weighted by molar-refractivity contribution is 6.36. The maximum Gasteiger partial charge on any atom is 0.273 e. The summed E-state index contributed by atoms with van der Waals surface area (Å²) in [6.45, 7) is 1.74. The third-order valence-corrected chi connectivity index (χ3v) is 3.09. The first kappa shape index (κ1) is 14.4. The van der Waals surface area contributed by atoms with E-state index in [0.29, 0.717) is 5.56 Å². The van der Waals surface area contributed by atoms with Crippen molar-refractivity contribution < 1.29 is 9.66 Å². The van der Waals surface area contributed by atoms with Crippen LogP contribution in [0.25, 0.3) is 0 Å². The number of hydrogen-bond donors (Lipinski definition) is 1. The number of benzene rings is 1. The standard InChI is InChI=1S/C12H9Cl2N3O3/c1-6-2-3-7(17(18)19)4-10(6)20-12-9(14)5-8(13)11(15)16-12/h2-5H,1H3,(H2,15,16). The number of aromatic nitrogens is 1. The summed E-state index contributed by atoms with van der Waals surface area (Å²) in [5.41, 5.74) is 6.17. The number of nitro groups is 1. The summed E-state index contributed by atoms with van der Waals surface area (Å²) in [4.78, 5) is 14.1. The fourth-order valence-corrected chi connectivity index (χ4v) is 1.85. The molecule has 0 bridgehead atoms. The molecule has 0 amide bonds. The zero-order chi connectivity index (χ0) is 14.9. The number of nitrogens with zero attached hydrogens (tertiary/aromatic N) is 2. The second kappa shape index (κ2) is 5.52. The molecule has 0 unspecified atom stereocenters. The van der Waals surface area contributed by atoms with Crippen LogP contribution in [0.4, 0.5) is 11.5 Å². The summed E-state index contributed by atoms with van der Waals surface area (Å²) >= 11 is 11.7. The van der Waals surface area contributed by atoms with Crippen LogP contribution in [0.2, 0.25) is 10.0 Å². The van der Waals surface area contributed by atoms with E-state index in [-0.39, 0.29) is 33.2 Å². The molecule has 1 aromatic carbocycles. The van der Waals surface area contributed by atoms with Crippen LogP contribution in [0.1, 0.15) is 5.56 Å². The third kappa shape index (κ3) is 2.92. The Balaban J connectivity index is 2.42. The lowest BCUT2D eigenvalue weighted by atomic mass is 10.2. The summed E-state index contributed by atoms with van der Waals surface area (Å²) in [5, 5.41) is 11.1. The largest absolute Gasteiger partial charge is 0.437 e. The lowest BCUT2D eigenvalue weighted by Crippen LogP contribution is -1.97. The van der Waals surface area contributed by atoms with Crippen molar-refractivity contribution in [1.82, 2.24) is 4.98 Å². The summed E-state index contributed by atoms with van der Waals surface area (Å²) in [6.07, 6.45) is 0. The number of anilines is 1. The van der Waals surface area contributed by atoms with E-state index < -0.39 is 4.92 Å². The molecule has 104 valence electrons. The van der Waals surface area contributed by atoms with Crippen LogP contribution in [-0.2, 0) is 0 Å². The fraction of sp³-hybridized carbons (Fsp3) is 0.0833. The van der Waals surface area contributed by atoms with E-state index >= 15 is 0 Å². The number of hydrogen-bond acceptors (Lipinski definition) is 5. The molecule has 20 heavy (non-hydrogen) atoms. The first-order chi connectivity index (χ1) is 9.38. The number of pyridine rings is 1. The van der Waals surface area contributed by atoms with Crippen LogP contribution < -0.4 is 10.5 Å². The van der Waals surface area contributed by atoms with Crippen LogP contribution in [0.3, 0.4) is 0 Å². The van der Waals surface area contributed by atoms with E-state index in [1.807, 2.05) is 0 Å². The normalized spacial score (nSPS) is 10.3. The van der Waals surface area contributed by atoms with Crippen LogP contribution in [0, 0.1) is 17.0 Å². The van der Waals surface area contributed by atoms with E-state index in [1.54, 1.807) is 13.0 Å². The minimum atomic E-state index is -0.516. The van der Waals surface area contributed by atoms with Crippen molar-refractivity contribution in [3.63, 3.8) is 0 Å². The molecule has 8 heteroatoms. The van der Waals surface area contributed by atoms with Gasteiger partial charge < -0.3 is 10.5 Å². The molecule has 0 atom stereocenters. The van der Waals surface area contributed by atoms with Gasteiger partial charge in [-0.2, -0.15) is 4.98 Å². The van der Waals surface area contributed by atoms with Gasteiger partial charge in [-0.3, -0.25) is 10.1 Å². The van der Waals surface area contributed by atoms with Crippen molar-refractivity contribution in [1.29, 1.82) is 0 Å². The number of halogens is 2. The average molecular weight is 314 g/mol. The van der Waals surface area contributed by atoms with E-state index in [0.717, 1.165) is 0 Å². The van der Waals surface area contributed by atoms with E-state index in [1.165, 1.54) is 18.2 Å². The molecule has 0 aliphatic heterocycles. The van der Waals surface area contributed by atoms with Crippen molar-refractivity contribution in [3.8, 4) is 11.6 Å². The second-order valence-electron chi connectivity index (χ2n) is 3.95. The predicted octanol–water partition coefficient (Wildman–Crippen LogP) is 3.98. The molecule has 0 spiro atoms. The van der Waals surface area contributed by atoms with Crippen molar-refractivity contribution in [3.05, 3.63) is 50.0 Å². The lowest BCUT2D eigenvalue weighted by molar-refractivity contribution is -0.384. The van der Waals surface area contributed by atoms with Crippen molar-refractivity contribution in [2.75, 3.05) is 5.73 Å². The fourth-order valence-electron chi connectivity index (χ4n) is 1.45.